The predicted molar refractivity (Wildman–Crippen MR) is 209 cm³/mol. The lowest BCUT2D eigenvalue weighted by Crippen LogP contribution is -2.07. The Morgan fingerprint density at radius 3 is 0.929 bits per heavy atom. The average Bonchev–Trinajstić information content (AvgIpc) is 3.14. The van der Waals surface area contributed by atoms with Crippen molar-refractivity contribution in [2.24, 2.45) is 0 Å². The number of carbonyl (C=O) groups excluding carboxylic acids is 2. The molecule has 6 aromatic rings. The van der Waals surface area contributed by atoms with Gasteiger partial charge in [-0.15, -0.1) is 0 Å². The van der Waals surface area contributed by atoms with Gasteiger partial charge in [-0.3, -0.25) is 9.59 Å². The van der Waals surface area contributed by atoms with E-state index in [9.17, 15) is 44.1 Å². The van der Waals surface area contributed by atoms with Gasteiger partial charge in [-0.05, 0) is 97.1 Å². The highest BCUT2D eigenvalue weighted by molar-refractivity contribution is 7.97. The summed E-state index contributed by atoms with van der Waals surface area (Å²) in [5.41, 5.74) is 0.825. The summed E-state index contributed by atoms with van der Waals surface area (Å²) in [6.07, 6.45) is 0. The number of benzene rings is 6. The second-order valence-electron chi connectivity index (χ2n) is 11.1. The Labute approximate surface area is 325 Å². The van der Waals surface area contributed by atoms with Crippen LogP contribution < -0.4 is 10.1 Å². The van der Waals surface area contributed by atoms with Crippen LogP contribution in [0.25, 0.3) is 0 Å². The van der Waals surface area contributed by atoms with Crippen molar-refractivity contribution in [1.82, 2.24) is 0 Å². The minimum Gasteiger partial charge on any atom is -0.427 e. The third-order valence-electron chi connectivity index (χ3n) is 6.65. The highest BCUT2D eigenvalue weighted by Crippen LogP contribution is 2.33. The van der Waals surface area contributed by atoms with Gasteiger partial charge >= 0.3 is 20.5 Å². The molecule has 0 atom stereocenters. The van der Waals surface area contributed by atoms with E-state index in [1.807, 2.05) is 60.7 Å². The average molecular weight is 815 g/mol. The van der Waals surface area contributed by atoms with Crippen LogP contribution in [0.1, 0.15) is 13.8 Å². The van der Waals surface area contributed by atoms with Crippen LogP contribution in [0.15, 0.2) is 199 Å². The third-order valence-corrected chi connectivity index (χ3v) is 11.1. The van der Waals surface area contributed by atoms with Gasteiger partial charge in [0.15, 0.2) is 29.4 Å². The standard InChI is InChI=1S/C20H17NOS.C20H17O2S.2BF4/c1-16(22)21-17-12-14-20(15-13-17)23(18-8-4-2-5-9-18)19-10-6-3-7-11-19;1-16(21)22-17-12-14-20(15-13-17)23(18-8-4-2-5-9-18)19-10-6-3-7-11-19;2*2-1(3,4)5/h2*2-15H,1H3;;/q;+1;2*-1/p+1. The van der Waals surface area contributed by atoms with E-state index in [1.54, 1.807) is 0 Å². The number of nitrogens with one attached hydrogen (secondary N) is 1. The lowest BCUT2D eigenvalue weighted by molar-refractivity contribution is -0.131. The molecule has 0 saturated heterocycles. The normalized spacial score (nSPS) is 10.8. The minimum absolute atomic E-state index is 0.0529. The number of carbonyl (C=O) groups is 2. The summed E-state index contributed by atoms with van der Waals surface area (Å²) < 4.78 is 83.1. The Kier molecular flexibility index (Phi) is 17.8. The van der Waals surface area contributed by atoms with Crippen LogP contribution in [0.5, 0.6) is 5.75 Å². The van der Waals surface area contributed by atoms with Crippen molar-refractivity contribution in [3.63, 3.8) is 0 Å². The van der Waals surface area contributed by atoms with Crippen LogP contribution in [-0.2, 0) is 31.4 Å². The van der Waals surface area contributed by atoms with Crippen molar-refractivity contribution in [1.29, 1.82) is 0 Å². The zero-order chi connectivity index (χ0) is 41.1. The first kappa shape index (κ1) is 44.9. The summed E-state index contributed by atoms with van der Waals surface area (Å²) in [6.45, 7) is 2.93. The molecule has 6 aromatic carbocycles. The molecule has 0 heterocycles. The molecule has 0 radical (unpaired) electrons. The van der Waals surface area contributed by atoms with Gasteiger partial charge in [0, 0.05) is 19.5 Å². The van der Waals surface area contributed by atoms with E-state index in [1.165, 1.54) is 43.2 Å². The quantitative estimate of drug-likeness (QED) is 0.0547. The van der Waals surface area contributed by atoms with Gasteiger partial charge in [-0.1, -0.05) is 72.8 Å². The number of anilines is 1. The van der Waals surface area contributed by atoms with Crippen molar-refractivity contribution in [2.75, 3.05) is 5.32 Å². The zero-order valence-electron chi connectivity index (χ0n) is 29.9. The van der Waals surface area contributed by atoms with Gasteiger partial charge < -0.3 is 44.6 Å². The number of amides is 1. The maximum atomic E-state index is 11.2. The summed E-state index contributed by atoms with van der Waals surface area (Å²) in [5.74, 6) is 0.219. The summed E-state index contributed by atoms with van der Waals surface area (Å²) in [5, 5.41) is 2.81. The summed E-state index contributed by atoms with van der Waals surface area (Å²) in [4.78, 5) is 29.7. The molecule has 0 unspecified atom stereocenters. The van der Waals surface area contributed by atoms with Crippen molar-refractivity contribution in [3.8, 4) is 5.75 Å². The Morgan fingerprint density at radius 1 is 0.429 bits per heavy atom. The molecule has 0 saturated carbocycles. The molecule has 4 nitrogen and oxygen atoms in total. The topological polar surface area (TPSA) is 55.4 Å². The number of halogens is 8. The van der Waals surface area contributed by atoms with E-state index in [2.05, 4.69) is 115 Å². The highest BCUT2D eigenvalue weighted by Gasteiger charge is 2.29. The summed E-state index contributed by atoms with van der Waals surface area (Å²) in [6, 6.07) is 57.8. The Morgan fingerprint density at radius 2 is 0.679 bits per heavy atom. The van der Waals surface area contributed by atoms with Crippen LogP contribution in [0.2, 0.25) is 0 Å². The Hall–Kier alpha value is -5.47. The van der Waals surface area contributed by atoms with Crippen molar-refractivity contribution < 1.29 is 48.9 Å². The number of hydrogen-bond acceptors (Lipinski definition) is 3. The van der Waals surface area contributed by atoms with E-state index < -0.39 is 14.5 Å². The van der Waals surface area contributed by atoms with E-state index in [4.69, 9.17) is 4.74 Å². The van der Waals surface area contributed by atoms with Gasteiger partial charge in [0.2, 0.25) is 5.91 Å². The number of ether oxygens (including phenoxy) is 1. The maximum Gasteiger partial charge on any atom is 0.673 e. The smallest absolute Gasteiger partial charge is 0.427 e. The molecule has 1 N–H and O–H groups in total. The Balaban J connectivity index is 0.000000242. The van der Waals surface area contributed by atoms with Crippen LogP contribution >= 0.6 is 0 Å². The minimum atomic E-state index is -6.00. The fourth-order valence-electron chi connectivity index (χ4n) is 4.73. The Bertz CT molecular complexity index is 1810. The molecule has 0 aromatic heterocycles. The summed E-state index contributed by atoms with van der Waals surface area (Å²) in [7, 11) is -12.3. The zero-order valence-corrected chi connectivity index (χ0v) is 31.5. The number of rotatable bonds is 8. The molecule has 1 amide bonds. The highest BCUT2D eigenvalue weighted by atomic mass is 32.2. The van der Waals surface area contributed by atoms with E-state index in [0.717, 1.165) is 5.69 Å². The van der Waals surface area contributed by atoms with E-state index >= 15 is 0 Å². The molecule has 56 heavy (non-hydrogen) atoms. The van der Waals surface area contributed by atoms with Crippen molar-refractivity contribution in [2.45, 2.75) is 43.2 Å². The van der Waals surface area contributed by atoms with Crippen LogP contribution in [-0.4, -0.2) is 26.4 Å². The number of esters is 1. The van der Waals surface area contributed by atoms with E-state index in [-0.39, 0.29) is 33.7 Å². The maximum absolute atomic E-state index is 11.2. The fraction of sp³-hybridized carbons (Fsp3) is 0.0500. The van der Waals surface area contributed by atoms with E-state index in [0.29, 0.717) is 5.75 Å². The van der Waals surface area contributed by atoms with Gasteiger partial charge in [-0.25, -0.2) is 0 Å². The van der Waals surface area contributed by atoms with Gasteiger partial charge in [0.25, 0.3) is 0 Å². The predicted octanol–water partition coefficient (Wildman–Crippen LogP) is 12.0. The molecule has 6 rings (SSSR count). The van der Waals surface area contributed by atoms with Crippen LogP contribution in [0, 0.1) is 0 Å². The second kappa shape index (κ2) is 22.2. The van der Waals surface area contributed by atoms with Crippen molar-refractivity contribution in [3.05, 3.63) is 170 Å². The molecular weight excluding hydrogens is 780 g/mol. The van der Waals surface area contributed by atoms with Gasteiger partial charge in [0.05, 0.1) is 21.8 Å². The molecule has 0 aliphatic heterocycles. The first-order valence-corrected chi connectivity index (χ1v) is 19.0. The molecule has 0 spiro atoms. The molecule has 292 valence electrons. The first-order chi connectivity index (χ1) is 26.5. The molecule has 0 fully saturated rings. The first-order valence-electron chi connectivity index (χ1n) is 16.6. The largest absolute Gasteiger partial charge is 0.673 e. The summed E-state index contributed by atoms with van der Waals surface area (Å²) >= 11 is 0. The van der Waals surface area contributed by atoms with Gasteiger partial charge in [-0.2, -0.15) is 0 Å². The van der Waals surface area contributed by atoms with Gasteiger partial charge in [0.1, 0.15) is 5.75 Å². The molecule has 16 heteroatoms. The SMILES string of the molecule is CC(=O)Nc1ccc([S+](c2ccccc2)c2ccccc2)cc1.CC(=O)Oc1ccc([S+](c2ccccc2)c2ccccc2)cc1.F[B-](F)(F)F.F[B-](F)(F)F. The monoisotopic (exact) mass is 815 g/mol. The fourth-order valence-corrected chi connectivity index (χ4v) is 8.90. The lowest BCUT2D eigenvalue weighted by Gasteiger charge is -2.08. The van der Waals surface area contributed by atoms with Crippen molar-refractivity contribution >= 4 is 53.9 Å². The molecule has 0 bridgehead atoms. The molecular formula is C40H35B2F8NO3S2. The third kappa shape index (κ3) is 17.8. The lowest BCUT2D eigenvalue weighted by atomic mass is 10.3. The second-order valence-corrected chi connectivity index (χ2v) is 15.2. The number of hydrogen-bond donors (Lipinski definition) is 1. The van der Waals surface area contributed by atoms with Crippen LogP contribution in [0.4, 0.5) is 40.2 Å². The molecule has 0 aliphatic carbocycles. The van der Waals surface area contributed by atoms with Crippen LogP contribution in [0.3, 0.4) is 0 Å². The molecule has 0 aliphatic rings.